The third kappa shape index (κ3) is 4.58. The van der Waals surface area contributed by atoms with Crippen molar-refractivity contribution >= 4 is 28.4 Å². The predicted molar refractivity (Wildman–Crippen MR) is 124 cm³/mol. The largest absolute Gasteiger partial charge is 0.363 e. The van der Waals surface area contributed by atoms with Crippen molar-refractivity contribution in [2.24, 2.45) is 0 Å². The van der Waals surface area contributed by atoms with Gasteiger partial charge in [-0.3, -0.25) is 15.1 Å². The number of aromatic amines is 1. The summed E-state index contributed by atoms with van der Waals surface area (Å²) in [5.74, 6) is 0.608. The first-order valence-electron chi connectivity index (χ1n) is 11.0. The van der Waals surface area contributed by atoms with Gasteiger partial charge in [0.15, 0.2) is 0 Å². The van der Waals surface area contributed by atoms with Crippen LogP contribution < -0.4 is 21.5 Å². The zero-order valence-corrected chi connectivity index (χ0v) is 18.1. The van der Waals surface area contributed by atoms with Crippen molar-refractivity contribution in [2.45, 2.75) is 18.6 Å². The van der Waals surface area contributed by atoms with Crippen molar-refractivity contribution in [3.8, 4) is 0 Å². The highest BCUT2D eigenvalue weighted by molar-refractivity contribution is 5.96. The number of anilines is 2. The highest BCUT2D eigenvalue weighted by Gasteiger charge is 2.33. The number of H-pyrrole nitrogens is 1. The van der Waals surface area contributed by atoms with E-state index in [1.165, 1.54) is 11.9 Å². The second kappa shape index (κ2) is 9.21. The van der Waals surface area contributed by atoms with E-state index in [0.29, 0.717) is 12.4 Å². The predicted octanol–water partition coefficient (Wildman–Crippen LogP) is 0.601. The molecule has 5 rings (SSSR count). The second-order valence-corrected chi connectivity index (χ2v) is 8.48. The van der Waals surface area contributed by atoms with E-state index in [1.54, 1.807) is 0 Å². The molecule has 168 valence electrons. The number of carbonyl (C=O) groups is 1. The summed E-state index contributed by atoms with van der Waals surface area (Å²) < 4.78 is 0. The SMILES string of the molecule is CN1CCN(Cc2ccc(NC(=O)C3NNCC3Nc3ncnc4[nH]ccc34)cc2)CC1. The highest BCUT2D eigenvalue weighted by atomic mass is 16.2. The van der Waals surface area contributed by atoms with Crippen molar-refractivity contribution in [3.05, 3.63) is 48.4 Å². The van der Waals surface area contributed by atoms with Gasteiger partial charge in [0.1, 0.15) is 23.8 Å². The quantitative estimate of drug-likeness (QED) is 0.383. The molecule has 2 saturated heterocycles. The lowest BCUT2D eigenvalue weighted by Gasteiger charge is -2.32. The first-order chi connectivity index (χ1) is 15.7. The summed E-state index contributed by atoms with van der Waals surface area (Å²) in [5.41, 5.74) is 8.96. The topological polar surface area (TPSA) is 113 Å². The van der Waals surface area contributed by atoms with Gasteiger partial charge in [-0.05, 0) is 30.8 Å². The molecule has 10 nitrogen and oxygen atoms in total. The van der Waals surface area contributed by atoms with Gasteiger partial charge in [0.25, 0.3) is 0 Å². The van der Waals surface area contributed by atoms with Gasteiger partial charge in [-0.15, -0.1) is 0 Å². The number of hydrogen-bond donors (Lipinski definition) is 5. The van der Waals surface area contributed by atoms with E-state index in [-0.39, 0.29) is 11.9 Å². The minimum atomic E-state index is -0.441. The minimum Gasteiger partial charge on any atom is -0.363 e. The van der Waals surface area contributed by atoms with Crippen LogP contribution in [0.3, 0.4) is 0 Å². The van der Waals surface area contributed by atoms with Crippen molar-refractivity contribution in [1.29, 1.82) is 0 Å². The van der Waals surface area contributed by atoms with Crippen molar-refractivity contribution in [1.82, 2.24) is 35.6 Å². The Morgan fingerprint density at radius 2 is 1.94 bits per heavy atom. The third-order valence-corrected chi connectivity index (χ3v) is 6.16. The fourth-order valence-corrected chi connectivity index (χ4v) is 4.22. The number of amides is 1. The summed E-state index contributed by atoms with van der Waals surface area (Å²) in [6, 6.07) is 9.46. The van der Waals surface area contributed by atoms with Crippen LogP contribution >= 0.6 is 0 Å². The fraction of sp³-hybridized carbons (Fsp3) is 0.409. The lowest BCUT2D eigenvalue weighted by atomic mass is 10.1. The summed E-state index contributed by atoms with van der Waals surface area (Å²) in [6.07, 6.45) is 3.34. The average Bonchev–Trinajstić information content (AvgIpc) is 3.47. The molecule has 2 fully saturated rings. The van der Waals surface area contributed by atoms with Crippen LogP contribution in [-0.2, 0) is 11.3 Å². The van der Waals surface area contributed by atoms with Crippen LogP contribution in [0.4, 0.5) is 11.5 Å². The standard InChI is InChI=1S/C22H29N9O/c1-30-8-10-31(11-9-30)13-15-2-4-16(5-3-15)27-22(32)19-18(12-26-29-19)28-21-17-6-7-23-20(17)24-14-25-21/h2-7,14,18-19,26,29H,8-13H2,1H3,(H,27,32)(H2,23,24,25,28). The number of hydrogen-bond acceptors (Lipinski definition) is 8. The Morgan fingerprint density at radius 1 is 1.12 bits per heavy atom. The molecule has 3 aromatic rings. The maximum absolute atomic E-state index is 13.0. The Balaban J connectivity index is 1.19. The molecule has 0 bridgehead atoms. The van der Waals surface area contributed by atoms with Gasteiger partial charge in [0, 0.05) is 51.2 Å². The van der Waals surface area contributed by atoms with Crippen LogP contribution in [0.2, 0.25) is 0 Å². The molecule has 32 heavy (non-hydrogen) atoms. The number of rotatable bonds is 6. The Labute approximate surface area is 186 Å². The molecular formula is C22H29N9O. The smallest absolute Gasteiger partial charge is 0.245 e. The summed E-state index contributed by atoms with van der Waals surface area (Å²) in [6.45, 7) is 5.93. The normalized spacial score (nSPS) is 22.3. The van der Waals surface area contributed by atoms with Crippen molar-refractivity contribution in [3.63, 3.8) is 0 Å². The molecular weight excluding hydrogens is 406 g/mol. The van der Waals surface area contributed by atoms with Crippen molar-refractivity contribution < 1.29 is 4.79 Å². The van der Waals surface area contributed by atoms with Gasteiger partial charge in [0.05, 0.1) is 11.4 Å². The number of likely N-dealkylation sites (N-methyl/N-ethyl adjacent to an activating group) is 1. The first kappa shape index (κ1) is 20.8. The maximum Gasteiger partial charge on any atom is 0.245 e. The lowest BCUT2D eigenvalue weighted by molar-refractivity contribution is -0.118. The van der Waals surface area contributed by atoms with E-state index >= 15 is 0 Å². The summed E-state index contributed by atoms with van der Waals surface area (Å²) in [7, 11) is 2.16. The summed E-state index contributed by atoms with van der Waals surface area (Å²) >= 11 is 0. The zero-order chi connectivity index (χ0) is 21.9. The molecule has 2 atom stereocenters. The van der Waals surface area contributed by atoms with Crippen LogP contribution in [-0.4, -0.2) is 82.5 Å². The third-order valence-electron chi connectivity index (χ3n) is 6.16. The molecule has 0 radical (unpaired) electrons. The molecule has 2 aliphatic heterocycles. The second-order valence-electron chi connectivity index (χ2n) is 8.48. The van der Waals surface area contributed by atoms with E-state index in [4.69, 9.17) is 0 Å². The van der Waals surface area contributed by atoms with Gasteiger partial charge < -0.3 is 20.5 Å². The van der Waals surface area contributed by atoms with E-state index in [0.717, 1.165) is 49.4 Å². The number of aromatic nitrogens is 3. The number of fused-ring (bicyclic) bond motifs is 1. The minimum absolute atomic E-state index is 0.0984. The number of hydrazine groups is 1. The number of benzene rings is 1. The molecule has 1 amide bonds. The highest BCUT2D eigenvalue weighted by Crippen LogP contribution is 2.20. The average molecular weight is 436 g/mol. The molecule has 4 heterocycles. The van der Waals surface area contributed by atoms with Crippen molar-refractivity contribution in [2.75, 3.05) is 50.4 Å². The van der Waals surface area contributed by atoms with Crippen LogP contribution in [0, 0.1) is 0 Å². The molecule has 10 heteroatoms. The molecule has 0 aliphatic carbocycles. The number of carbonyl (C=O) groups excluding carboxylic acids is 1. The Kier molecular flexibility index (Phi) is 5.99. The molecule has 0 saturated carbocycles. The van der Waals surface area contributed by atoms with Gasteiger partial charge >= 0.3 is 0 Å². The monoisotopic (exact) mass is 435 g/mol. The maximum atomic E-state index is 13.0. The van der Waals surface area contributed by atoms with E-state index < -0.39 is 6.04 Å². The van der Waals surface area contributed by atoms with Crippen LogP contribution in [0.5, 0.6) is 0 Å². The summed E-state index contributed by atoms with van der Waals surface area (Å²) in [4.78, 5) is 29.4. The van der Waals surface area contributed by atoms with E-state index in [9.17, 15) is 4.79 Å². The molecule has 1 aromatic carbocycles. The Morgan fingerprint density at radius 3 is 2.75 bits per heavy atom. The number of nitrogens with one attached hydrogen (secondary N) is 5. The summed E-state index contributed by atoms with van der Waals surface area (Å²) in [5, 5.41) is 7.30. The lowest BCUT2D eigenvalue weighted by Crippen LogP contribution is -2.46. The van der Waals surface area contributed by atoms with E-state index in [2.05, 4.69) is 65.4 Å². The fourth-order valence-electron chi connectivity index (χ4n) is 4.22. The molecule has 2 aromatic heterocycles. The first-order valence-corrected chi connectivity index (χ1v) is 11.0. The molecule has 2 unspecified atom stereocenters. The van der Waals surface area contributed by atoms with Crippen LogP contribution in [0.25, 0.3) is 11.0 Å². The van der Waals surface area contributed by atoms with Crippen LogP contribution in [0.1, 0.15) is 5.56 Å². The Hall–Kier alpha value is -3.05. The molecule has 0 spiro atoms. The van der Waals surface area contributed by atoms with Gasteiger partial charge in [-0.2, -0.15) is 0 Å². The van der Waals surface area contributed by atoms with Gasteiger partial charge in [-0.25, -0.2) is 15.4 Å². The van der Waals surface area contributed by atoms with E-state index in [1.807, 2.05) is 24.4 Å². The van der Waals surface area contributed by atoms with Gasteiger partial charge in [0.2, 0.25) is 5.91 Å². The number of nitrogens with zero attached hydrogens (tertiary/aromatic N) is 4. The molecule has 5 N–H and O–H groups in total. The van der Waals surface area contributed by atoms with Gasteiger partial charge in [-0.1, -0.05) is 12.1 Å². The van der Waals surface area contributed by atoms with Crippen LogP contribution in [0.15, 0.2) is 42.9 Å². The zero-order valence-electron chi connectivity index (χ0n) is 18.1. The molecule has 2 aliphatic rings. The number of piperazine rings is 1. The Bertz CT molecular complexity index is 1060.